The number of hydrogen-bond acceptors (Lipinski definition) is 2. The minimum Gasteiger partial charge on any atom is -0.371 e. The van der Waals surface area contributed by atoms with Gasteiger partial charge in [0.2, 0.25) is 0 Å². The average molecular weight is 322 g/mol. The zero-order valence-corrected chi connectivity index (χ0v) is 13.5. The molecule has 0 aliphatic carbocycles. The molecule has 4 nitrogen and oxygen atoms in total. The van der Waals surface area contributed by atoms with Gasteiger partial charge >= 0.3 is 0 Å². The summed E-state index contributed by atoms with van der Waals surface area (Å²) in [6, 6.07) is 4.06. The highest BCUT2D eigenvalue weighted by Gasteiger charge is 2.23. The third kappa shape index (κ3) is 4.94. The summed E-state index contributed by atoms with van der Waals surface area (Å²) in [6.45, 7) is 9.50. The molecule has 1 heterocycles. The molecule has 1 aliphatic heterocycles. The van der Waals surface area contributed by atoms with Gasteiger partial charge in [-0.1, -0.05) is 6.08 Å². The van der Waals surface area contributed by atoms with Crippen LogP contribution in [0.15, 0.2) is 35.8 Å². The Labute approximate surface area is 136 Å². The molecule has 23 heavy (non-hydrogen) atoms. The molecule has 1 aromatic carbocycles. The fraction of sp³-hybridized carbons (Fsp3) is 0.471. The van der Waals surface area contributed by atoms with Gasteiger partial charge in [-0.15, -0.1) is 6.58 Å². The van der Waals surface area contributed by atoms with E-state index in [0.29, 0.717) is 19.0 Å². The molecule has 0 aromatic heterocycles. The molecule has 1 aliphatic rings. The monoisotopic (exact) mass is 322 g/mol. The molecule has 0 radical (unpaired) electrons. The van der Waals surface area contributed by atoms with Crippen molar-refractivity contribution in [3.63, 3.8) is 0 Å². The molecule has 126 valence electrons. The van der Waals surface area contributed by atoms with E-state index in [1.807, 2.05) is 6.92 Å². The molecule has 0 saturated carbocycles. The summed E-state index contributed by atoms with van der Waals surface area (Å²) in [4.78, 5) is 6.65. The molecule has 1 fully saturated rings. The first-order valence-electron chi connectivity index (χ1n) is 7.97. The lowest BCUT2D eigenvalue weighted by Crippen LogP contribution is -2.37. The van der Waals surface area contributed by atoms with Crippen LogP contribution in [0.4, 0.5) is 14.5 Å². The SMILES string of the molecule is C=CCNC(=NCC1CCN(c2ccc(F)c(F)c2)C1)NCC. The van der Waals surface area contributed by atoms with Crippen molar-refractivity contribution in [3.05, 3.63) is 42.5 Å². The van der Waals surface area contributed by atoms with E-state index in [2.05, 4.69) is 27.1 Å². The lowest BCUT2D eigenvalue weighted by Gasteiger charge is -2.18. The number of guanidine groups is 1. The lowest BCUT2D eigenvalue weighted by molar-refractivity contribution is 0.508. The molecule has 1 aromatic rings. The van der Waals surface area contributed by atoms with Gasteiger partial charge in [-0.25, -0.2) is 8.78 Å². The van der Waals surface area contributed by atoms with E-state index in [0.717, 1.165) is 37.7 Å². The van der Waals surface area contributed by atoms with Crippen molar-refractivity contribution in [3.8, 4) is 0 Å². The third-order valence-corrected chi connectivity index (χ3v) is 3.82. The van der Waals surface area contributed by atoms with E-state index in [-0.39, 0.29) is 0 Å². The first kappa shape index (κ1) is 17.2. The number of nitrogens with one attached hydrogen (secondary N) is 2. The summed E-state index contributed by atoms with van der Waals surface area (Å²) < 4.78 is 26.4. The third-order valence-electron chi connectivity index (χ3n) is 3.82. The van der Waals surface area contributed by atoms with E-state index in [1.54, 1.807) is 12.1 Å². The largest absolute Gasteiger partial charge is 0.371 e. The van der Waals surface area contributed by atoms with Gasteiger partial charge in [-0.05, 0) is 31.4 Å². The highest BCUT2D eigenvalue weighted by molar-refractivity contribution is 5.79. The molecule has 0 bridgehead atoms. The number of nitrogens with zero attached hydrogens (tertiary/aromatic N) is 2. The van der Waals surface area contributed by atoms with Crippen LogP contribution in [0.3, 0.4) is 0 Å². The Hall–Kier alpha value is -2.11. The number of anilines is 1. The molecule has 2 rings (SSSR count). The highest BCUT2D eigenvalue weighted by atomic mass is 19.2. The Bertz CT molecular complexity index is 560. The number of rotatable bonds is 6. The van der Waals surface area contributed by atoms with Crippen molar-refractivity contribution in [1.82, 2.24) is 10.6 Å². The number of hydrogen-bond donors (Lipinski definition) is 2. The first-order chi connectivity index (χ1) is 11.1. The van der Waals surface area contributed by atoms with Crippen LogP contribution in [0.25, 0.3) is 0 Å². The van der Waals surface area contributed by atoms with Crippen LogP contribution in [0, 0.1) is 17.6 Å². The predicted octanol–water partition coefficient (Wildman–Crippen LogP) is 2.53. The predicted molar refractivity (Wildman–Crippen MR) is 90.9 cm³/mol. The van der Waals surface area contributed by atoms with Gasteiger partial charge in [0.15, 0.2) is 17.6 Å². The van der Waals surface area contributed by atoms with E-state index < -0.39 is 11.6 Å². The maximum Gasteiger partial charge on any atom is 0.191 e. The fourth-order valence-electron chi connectivity index (χ4n) is 2.63. The summed E-state index contributed by atoms with van der Waals surface area (Å²) >= 11 is 0. The summed E-state index contributed by atoms with van der Waals surface area (Å²) in [6.07, 6.45) is 2.77. The van der Waals surface area contributed by atoms with Crippen LogP contribution in [0.5, 0.6) is 0 Å². The van der Waals surface area contributed by atoms with E-state index in [4.69, 9.17) is 0 Å². The summed E-state index contributed by atoms with van der Waals surface area (Å²) in [5.41, 5.74) is 0.729. The molecule has 1 unspecified atom stereocenters. The number of halogens is 2. The first-order valence-corrected chi connectivity index (χ1v) is 7.97. The van der Waals surface area contributed by atoms with Crippen molar-refractivity contribution in [1.29, 1.82) is 0 Å². The quantitative estimate of drug-likeness (QED) is 0.480. The Kier molecular flexibility index (Phi) is 6.38. The van der Waals surface area contributed by atoms with E-state index in [9.17, 15) is 8.78 Å². The molecular formula is C17H24F2N4. The second-order valence-electron chi connectivity index (χ2n) is 5.59. The summed E-state index contributed by atoms with van der Waals surface area (Å²) in [5, 5.41) is 6.35. The topological polar surface area (TPSA) is 39.7 Å². The van der Waals surface area contributed by atoms with Gasteiger partial charge < -0.3 is 15.5 Å². The van der Waals surface area contributed by atoms with Crippen LogP contribution in [0.2, 0.25) is 0 Å². The second-order valence-corrected chi connectivity index (χ2v) is 5.59. The molecule has 0 amide bonds. The number of benzene rings is 1. The average Bonchev–Trinajstić information content (AvgIpc) is 3.01. The Morgan fingerprint density at radius 1 is 1.39 bits per heavy atom. The van der Waals surface area contributed by atoms with Crippen LogP contribution in [-0.2, 0) is 0 Å². The van der Waals surface area contributed by atoms with Gasteiger partial charge in [0.25, 0.3) is 0 Å². The highest BCUT2D eigenvalue weighted by Crippen LogP contribution is 2.25. The minimum atomic E-state index is -0.808. The Morgan fingerprint density at radius 3 is 2.91 bits per heavy atom. The van der Waals surface area contributed by atoms with Crippen molar-refractivity contribution in [2.45, 2.75) is 13.3 Å². The summed E-state index contributed by atoms with van der Waals surface area (Å²) in [5.74, 6) is -0.425. The van der Waals surface area contributed by atoms with Crippen molar-refractivity contribution < 1.29 is 8.78 Å². The lowest BCUT2D eigenvalue weighted by atomic mass is 10.1. The number of aliphatic imine (C=N–C) groups is 1. The van der Waals surface area contributed by atoms with Crippen molar-refractivity contribution in [2.24, 2.45) is 10.9 Å². The Morgan fingerprint density at radius 2 is 2.22 bits per heavy atom. The maximum absolute atomic E-state index is 13.3. The zero-order valence-electron chi connectivity index (χ0n) is 13.5. The standard InChI is InChI=1S/C17H24F2N4/c1-3-8-21-17(20-4-2)22-11-13-7-9-23(12-13)14-5-6-15(18)16(19)10-14/h3,5-6,10,13H,1,4,7-9,11-12H2,2H3,(H2,20,21,22). The van der Waals surface area contributed by atoms with Gasteiger partial charge in [0.1, 0.15) is 0 Å². The van der Waals surface area contributed by atoms with Crippen LogP contribution >= 0.6 is 0 Å². The minimum absolute atomic E-state index is 0.405. The summed E-state index contributed by atoms with van der Waals surface area (Å²) in [7, 11) is 0. The van der Waals surface area contributed by atoms with E-state index in [1.165, 1.54) is 12.1 Å². The van der Waals surface area contributed by atoms with Crippen LogP contribution in [0.1, 0.15) is 13.3 Å². The molecule has 6 heteroatoms. The van der Waals surface area contributed by atoms with E-state index >= 15 is 0 Å². The molecular weight excluding hydrogens is 298 g/mol. The molecule has 0 spiro atoms. The molecule has 2 N–H and O–H groups in total. The van der Waals surface area contributed by atoms with Gasteiger partial charge in [-0.2, -0.15) is 0 Å². The van der Waals surface area contributed by atoms with Gasteiger partial charge in [0.05, 0.1) is 0 Å². The smallest absolute Gasteiger partial charge is 0.191 e. The zero-order chi connectivity index (χ0) is 16.7. The molecule has 1 atom stereocenters. The normalized spacial score (nSPS) is 18.1. The second kappa shape index (κ2) is 8.50. The Balaban J connectivity index is 1.91. The van der Waals surface area contributed by atoms with Crippen LogP contribution < -0.4 is 15.5 Å². The van der Waals surface area contributed by atoms with Crippen molar-refractivity contribution >= 4 is 11.6 Å². The van der Waals surface area contributed by atoms with Crippen molar-refractivity contribution in [2.75, 3.05) is 37.6 Å². The van der Waals surface area contributed by atoms with Gasteiger partial charge in [0, 0.05) is 44.5 Å². The fourth-order valence-corrected chi connectivity index (χ4v) is 2.63. The van der Waals surface area contributed by atoms with Crippen LogP contribution in [-0.4, -0.2) is 38.7 Å². The molecule has 1 saturated heterocycles. The van der Waals surface area contributed by atoms with Gasteiger partial charge in [-0.3, -0.25) is 4.99 Å². The maximum atomic E-state index is 13.3.